The molecule has 0 amide bonds. The van der Waals surface area contributed by atoms with Crippen molar-refractivity contribution in [1.82, 2.24) is 20.6 Å². The molecule has 0 fully saturated rings. The topological polar surface area (TPSA) is 62.2 Å². The number of pyridine rings is 1. The number of rotatable bonds is 6. The maximum Gasteiger partial charge on any atom is 0.434 e. The normalized spacial score (nSPS) is 12.3. The van der Waals surface area contributed by atoms with Crippen LogP contribution in [0.4, 0.5) is 13.2 Å². The average Bonchev–Trinajstić information content (AvgIpc) is 3.04. The molecule has 10 heteroatoms. The van der Waals surface area contributed by atoms with Gasteiger partial charge in [0.25, 0.3) is 0 Å². The summed E-state index contributed by atoms with van der Waals surface area (Å²) in [5.41, 5.74) is 0.137. The van der Waals surface area contributed by atoms with Gasteiger partial charge >= 0.3 is 6.18 Å². The molecule has 0 aliphatic heterocycles. The maximum atomic E-state index is 12.5. The number of hydrogen-bond donors (Lipinski definition) is 2. The zero-order valence-corrected chi connectivity index (χ0v) is 15.0. The predicted octanol–water partition coefficient (Wildman–Crippen LogP) is 3.51. The van der Waals surface area contributed by atoms with Crippen molar-refractivity contribution in [3.8, 4) is 0 Å². The van der Waals surface area contributed by atoms with Crippen molar-refractivity contribution in [3.63, 3.8) is 0 Å². The third-order valence-corrected chi connectivity index (χ3v) is 4.11. The summed E-state index contributed by atoms with van der Waals surface area (Å²) in [5, 5.41) is 7.91. The van der Waals surface area contributed by atoms with E-state index in [0.29, 0.717) is 35.6 Å². The van der Waals surface area contributed by atoms with Crippen LogP contribution in [-0.2, 0) is 19.1 Å². The lowest BCUT2D eigenvalue weighted by Gasteiger charge is -2.10. The van der Waals surface area contributed by atoms with E-state index in [2.05, 4.69) is 25.6 Å². The van der Waals surface area contributed by atoms with Crippen LogP contribution in [0.25, 0.3) is 0 Å². The first-order valence-electron chi connectivity index (χ1n) is 7.52. The largest absolute Gasteiger partial charge is 0.434 e. The van der Waals surface area contributed by atoms with Gasteiger partial charge in [-0.25, -0.2) is 15.0 Å². The molecule has 25 heavy (non-hydrogen) atoms. The first-order chi connectivity index (χ1) is 11.9. The van der Waals surface area contributed by atoms with Gasteiger partial charge in [0.05, 0.1) is 6.54 Å². The minimum absolute atomic E-state index is 0.0819. The fraction of sp³-hybridized carbons (Fsp3) is 0.400. The fourth-order valence-corrected chi connectivity index (χ4v) is 2.72. The highest BCUT2D eigenvalue weighted by molar-refractivity contribution is 7.09. The number of thiazole rings is 1. The Balaban J connectivity index is 1.89. The summed E-state index contributed by atoms with van der Waals surface area (Å²) in [4.78, 5) is 11.8. The van der Waals surface area contributed by atoms with Crippen LogP contribution in [0, 0.1) is 0 Å². The summed E-state index contributed by atoms with van der Waals surface area (Å²) < 4.78 is 37.6. The van der Waals surface area contributed by atoms with Gasteiger partial charge in [0.1, 0.15) is 10.2 Å². The van der Waals surface area contributed by atoms with Crippen molar-refractivity contribution in [2.75, 3.05) is 13.1 Å². The Kier molecular flexibility index (Phi) is 7.01. The number of aliphatic imine (C=N–C) groups is 1. The summed E-state index contributed by atoms with van der Waals surface area (Å²) >= 11 is 6.68. The minimum Gasteiger partial charge on any atom is -0.357 e. The molecule has 0 saturated heterocycles. The minimum atomic E-state index is -4.42. The molecule has 0 bridgehead atoms. The molecule has 2 heterocycles. The summed E-state index contributed by atoms with van der Waals surface area (Å²) in [6.07, 6.45) is -2.01. The van der Waals surface area contributed by atoms with E-state index in [1.54, 1.807) is 12.3 Å². The van der Waals surface area contributed by atoms with E-state index in [-0.39, 0.29) is 6.54 Å². The molecule has 0 aromatic carbocycles. The second-order valence-electron chi connectivity index (χ2n) is 4.99. The lowest BCUT2D eigenvalue weighted by Crippen LogP contribution is -2.38. The Morgan fingerprint density at radius 2 is 2.12 bits per heavy atom. The molecule has 0 atom stereocenters. The number of guanidine groups is 1. The van der Waals surface area contributed by atoms with Gasteiger partial charge in [-0.2, -0.15) is 13.2 Å². The van der Waals surface area contributed by atoms with Crippen molar-refractivity contribution in [1.29, 1.82) is 0 Å². The monoisotopic (exact) mass is 391 g/mol. The van der Waals surface area contributed by atoms with Crippen molar-refractivity contribution < 1.29 is 13.2 Å². The number of nitrogens with zero attached hydrogens (tertiary/aromatic N) is 3. The van der Waals surface area contributed by atoms with Gasteiger partial charge in [-0.15, -0.1) is 11.3 Å². The number of halogens is 4. The molecule has 2 aromatic rings. The molecule has 0 aliphatic rings. The molecule has 136 valence electrons. The molecule has 0 spiro atoms. The van der Waals surface area contributed by atoms with E-state index in [1.807, 2.05) is 13.0 Å². The Morgan fingerprint density at radius 3 is 2.72 bits per heavy atom. The summed E-state index contributed by atoms with van der Waals surface area (Å²) in [6, 6.07) is 3.60. The van der Waals surface area contributed by atoms with E-state index < -0.39 is 11.9 Å². The van der Waals surface area contributed by atoms with Gasteiger partial charge in [-0.1, -0.05) is 17.7 Å². The first-order valence-corrected chi connectivity index (χ1v) is 8.78. The second-order valence-corrected chi connectivity index (χ2v) is 6.32. The van der Waals surface area contributed by atoms with Gasteiger partial charge in [-0.3, -0.25) is 0 Å². The standard InChI is InChI=1S/C15H17ClF3N5S/c1-2-20-14(21-6-5-10-3-4-12(16)22-7-10)23-8-13-24-11(9-25-13)15(17,18)19/h3-4,7,9H,2,5-6,8H2,1H3,(H2,20,21,23). The predicted molar refractivity (Wildman–Crippen MR) is 92.9 cm³/mol. The second kappa shape index (κ2) is 9.00. The Bertz CT molecular complexity index is 700. The molecule has 2 rings (SSSR count). The van der Waals surface area contributed by atoms with Crippen LogP contribution in [0.1, 0.15) is 23.2 Å². The van der Waals surface area contributed by atoms with Crippen molar-refractivity contribution in [2.24, 2.45) is 4.99 Å². The summed E-state index contributed by atoms with van der Waals surface area (Å²) in [6.45, 7) is 3.23. The van der Waals surface area contributed by atoms with Gasteiger partial charge < -0.3 is 10.6 Å². The Morgan fingerprint density at radius 1 is 1.32 bits per heavy atom. The molecule has 2 N–H and O–H groups in total. The fourth-order valence-electron chi connectivity index (χ4n) is 1.88. The number of nitrogens with one attached hydrogen (secondary N) is 2. The number of hydrogen-bond acceptors (Lipinski definition) is 4. The molecule has 0 unspecified atom stereocenters. The van der Waals surface area contributed by atoms with E-state index in [4.69, 9.17) is 11.6 Å². The molecular weight excluding hydrogens is 375 g/mol. The smallest absolute Gasteiger partial charge is 0.357 e. The molecule has 2 aromatic heterocycles. The average molecular weight is 392 g/mol. The van der Waals surface area contributed by atoms with Crippen LogP contribution in [0.5, 0.6) is 0 Å². The van der Waals surface area contributed by atoms with E-state index in [9.17, 15) is 13.2 Å². The zero-order valence-electron chi connectivity index (χ0n) is 13.4. The number of aromatic nitrogens is 2. The molecule has 0 aliphatic carbocycles. The summed E-state index contributed by atoms with van der Waals surface area (Å²) in [5.74, 6) is 0.521. The van der Waals surface area contributed by atoms with Gasteiger partial charge in [0.15, 0.2) is 11.7 Å². The van der Waals surface area contributed by atoms with Crippen LogP contribution in [0.2, 0.25) is 5.15 Å². The first kappa shape index (κ1) is 19.5. The Labute approximate surface area is 152 Å². The maximum absolute atomic E-state index is 12.5. The third kappa shape index (κ3) is 6.50. The third-order valence-electron chi connectivity index (χ3n) is 3.05. The van der Waals surface area contributed by atoms with Crippen LogP contribution in [0.3, 0.4) is 0 Å². The lowest BCUT2D eigenvalue weighted by atomic mass is 10.2. The highest BCUT2D eigenvalue weighted by atomic mass is 35.5. The molecule has 0 radical (unpaired) electrons. The highest BCUT2D eigenvalue weighted by Gasteiger charge is 2.33. The van der Waals surface area contributed by atoms with Gasteiger partial charge in [0.2, 0.25) is 0 Å². The van der Waals surface area contributed by atoms with E-state index in [1.165, 1.54) is 0 Å². The molecular formula is C15H17ClF3N5S. The quantitative estimate of drug-likeness (QED) is 0.449. The summed E-state index contributed by atoms with van der Waals surface area (Å²) in [7, 11) is 0. The van der Waals surface area contributed by atoms with Gasteiger partial charge in [-0.05, 0) is 25.0 Å². The Hall–Kier alpha value is -1.87. The van der Waals surface area contributed by atoms with E-state index in [0.717, 1.165) is 22.3 Å². The van der Waals surface area contributed by atoms with Crippen molar-refractivity contribution in [2.45, 2.75) is 26.1 Å². The van der Waals surface area contributed by atoms with Crippen molar-refractivity contribution in [3.05, 3.63) is 45.1 Å². The van der Waals surface area contributed by atoms with E-state index >= 15 is 0 Å². The SMILES string of the molecule is CCNC(=NCc1nc(C(F)(F)F)cs1)NCCc1ccc(Cl)nc1. The lowest BCUT2D eigenvalue weighted by molar-refractivity contribution is -0.140. The number of alkyl halides is 3. The van der Waals surface area contributed by atoms with Crippen LogP contribution in [-0.4, -0.2) is 29.0 Å². The van der Waals surface area contributed by atoms with Crippen LogP contribution >= 0.6 is 22.9 Å². The highest BCUT2D eigenvalue weighted by Crippen LogP contribution is 2.30. The molecule has 0 saturated carbocycles. The van der Waals surface area contributed by atoms with Crippen LogP contribution < -0.4 is 10.6 Å². The molecule has 5 nitrogen and oxygen atoms in total. The van der Waals surface area contributed by atoms with Crippen molar-refractivity contribution >= 4 is 28.9 Å². The zero-order chi connectivity index (χ0) is 18.3. The van der Waals surface area contributed by atoms with Crippen LogP contribution in [0.15, 0.2) is 28.7 Å². The van der Waals surface area contributed by atoms with Gasteiger partial charge in [0, 0.05) is 24.7 Å².